The number of ether oxygens (including phenoxy) is 1. The van der Waals surface area contributed by atoms with Crippen LogP contribution in [-0.2, 0) is 17.9 Å². The number of hydrogen-bond acceptors (Lipinski definition) is 6. The molecule has 0 aliphatic carbocycles. The topological polar surface area (TPSA) is 119 Å². The first-order valence-electron chi connectivity index (χ1n) is 11.6. The van der Waals surface area contributed by atoms with E-state index in [0.717, 1.165) is 52.8 Å². The summed E-state index contributed by atoms with van der Waals surface area (Å²) in [6.45, 7) is 4.75. The molecule has 5 rings (SSSR count). The van der Waals surface area contributed by atoms with Crippen LogP contribution >= 0.6 is 0 Å². The number of amides is 1. The predicted molar refractivity (Wildman–Crippen MR) is 130 cm³/mol. The minimum Gasteiger partial charge on any atom is -0.465 e. The lowest BCUT2D eigenvalue weighted by Crippen LogP contribution is -2.38. The summed E-state index contributed by atoms with van der Waals surface area (Å²) in [6.07, 6.45) is 4.35. The van der Waals surface area contributed by atoms with Crippen molar-refractivity contribution in [1.82, 2.24) is 24.4 Å². The zero-order valence-corrected chi connectivity index (χ0v) is 19.1. The van der Waals surface area contributed by atoms with E-state index in [4.69, 9.17) is 15.5 Å². The van der Waals surface area contributed by atoms with E-state index in [1.165, 1.54) is 4.90 Å². The van der Waals surface area contributed by atoms with E-state index < -0.39 is 6.09 Å². The molecule has 0 spiro atoms. The van der Waals surface area contributed by atoms with Gasteiger partial charge < -0.3 is 25.0 Å². The first-order valence-corrected chi connectivity index (χ1v) is 11.6. The van der Waals surface area contributed by atoms with Crippen molar-refractivity contribution in [2.75, 3.05) is 25.4 Å². The third-order valence-corrected chi connectivity index (χ3v) is 6.54. The molecule has 4 heterocycles. The molecule has 4 aromatic rings. The molecule has 34 heavy (non-hydrogen) atoms. The molecule has 0 radical (unpaired) electrons. The SMILES string of the molecule is CCOCc1nc2c(N)nc3cc(-c4cccnc4)ccc3c2n1CC1CCN(C(=O)O)CC1. The molecule has 1 aliphatic heterocycles. The lowest BCUT2D eigenvalue weighted by atomic mass is 9.96. The van der Waals surface area contributed by atoms with Crippen molar-refractivity contribution in [3.05, 3.63) is 48.5 Å². The molecule has 1 aromatic carbocycles. The lowest BCUT2D eigenvalue weighted by Gasteiger charge is -2.30. The number of rotatable bonds is 6. The second-order valence-corrected chi connectivity index (χ2v) is 8.66. The highest BCUT2D eigenvalue weighted by atomic mass is 16.5. The Morgan fingerprint density at radius 3 is 2.74 bits per heavy atom. The van der Waals surface area contributed by atoms with Crippen LogP contribution in [0.25, 0.3) is 33.1 Å². The standard InChI is InChI=1S/C25H28N6O3/c1-2-34-15-21-29-22-23(31(21)14-16-7-10-30(11-8-16)25(32)33)19-6-5-17(12-20(19)28-24(22)26)18-4-3-9-27-13-18/h3-6,9,12-13,16H,2,7-8,10-11,14-15H2,1H3,(H2,26,28)(H,32,33). The van der Waals surface area contributed by atoms with Gasteiger partial charge in [0.1, 0.15) is 17.9 Å². The molecule has 3 aromatic heterocycles. The van der Waals surface area contributed by atoms with Crippen LogP contribution in [0.2, 0.25) is 0 Å². The zero-order chi connectivity index (χ0) is 23.7. The van der Waals surface area contributed by atoms with Gasteiger partial charge in [0, 0.05) is 49.6 Å². The van der Waals surface area contributed by atoms with E-state index in [2.05, 4.69) is 26.7 Å². The fourth-order valence-electron chi connectivity index (χ4n) is 4.74. The van der Waals surface area contributed by atoms with E-state index in [-0.39, 0.29) is 0 Å². The Kier molecular flexibility index (Phi) is 6.02. The number of hydrogen-bond donors (Lipinski definition) is 2. The van der Waals surface area contributed by atoms with E-state index >= 15 is 0 Å². The van der Waals surface area contributed by atoms with Gasteiger partial charge in [0.05, 0.1) is 11.0 Å². The van der Waals surface area contributed by atoms with Crippen molar-refractivity contribution >= 4 is 33.8 Å². The van der Waals surface area contributed by atoms with E-state index in [1.807, 2.05) is 31.3 Å². The largest absolute Gasteiger partial charge is 0.465 e. The van der Waals surface area contributed by atoms with Crippen molar-refractivity contribution in [3.63, 3.8) is 0 Å². The van der Waals surface area contributed by atoms with Crippen LogP contribution in [0.1, 0.15) is 25.6 Å². The Bertz CT molecular complexity index is 1330. The van der Waals surface area contributed by atoms with Gasteiger partial charge >= 0.3 is 6.09 Å². The monoisotopic (exact) mass is 460 g/mol. The van der Waals surface area contributed by atoms with Gasteiger partial charge in [-0.3, -0.25) is 4.98 Å². The minimum atomic E-state index is -0.849. The number of likely N-dealkylation sites (tertiary alicyclic amines) is 1. The Labute approximate surface area is 197 Å². The number of piperidine rings is 1. The number of carbonyl (C=O) groups is 1. The van der Waals surface area contributed by atoms with Crippen LogP contribution in [0.4, 0.5) is 10.6 Å². The Hall–Kier alpha value is -3.72. The van der Waals surface area contributed by atoms with Crippen LogP contribution in [0, 0.1) is 5.92 Å². The second-order valence-electron chi connectivity index (χ2n) is 8.66. The summed E-state index contributed by atoms with van der Waals surface area (Å²) in [4.78, 5) is 26.5. The summed E-state index contributed by atoms with van der Waals surface area (Å²) in [7, 11) is 0. The summed E-state index contributed by atoms with van der Waals surface area (Å²) in [5.41, 5.74) is 10.9. The van der Waals surface area contributed by atoms with Crippen LogP contribution in [0.15, 0.2) is 42.7 Å². The molecule has 1 saturated heterocycles. The maximum absolute atomic E-state index is 11.3. The highest BCUT2D eigenvalue weighted by molar-refractivity contribution is 6.07. The second kappa shape index (κ2) is 9.26. The number of carboxylic acid groups (broad SMARTS) is 1. The average Bonchev–Trinajstić information content (AvgIpc) is 3.22. The van der Waals surface area contributed by atoms with Gasteiger partial charge in [0.15, 0.2) is 5.82 Å². The van der Waals surface area contributed by atoms with Gasteiger partial charge in [-0.05, 0) is 43.4 Å². The number of nitrogens with two attached hydrogens (primary N) is 1. The summed E-state index contributed by atoms with van der Waals surface area (Å²) in [5, 5.41) is 10.3. The summed E-state index contributed by atoms with van der Waals surface area (Å²) in [6, 6.07) is 10.1. The van der Waals surface area contributed by atoms with Gasteiger partial charge in [-0.25, -0.2) is 14.8 Å². The Morgan fingerprint density at radius 2 is 2.03 bits per heavy atom. The molecule has 1 amide bonds. The minimum absolute atomic E-state index is 0.340. The highest BCUT2D eigenvalue weighted by Crippen LogP contribution is 2.33. The molecule has 9 nitrogen and oxygen atoms in total. The van der Waals surface area contributed by atoms with Crippen LogP contribution in [0.3, 0.4) is 0 Å². The van der Waals surface area contributed by atoms with Gasteiger partial charge in [0.2, 0.25) is 0 Å². The first-order chi connectivity index (χ1) is 16.5. The number of nitrogens with zero attached hydrogens (tertiary/aromatic N) is 5. The first kappa shape index (κ1) is 22.1. The van der Waals surface area contributed by atoms with Gasteiger partial charge in [-0.15, -0.1) is 0 Å². The van der Waals surface area contributed by atoms with E-state index in [9.17, 15) is 9.90 Å². The number of aromatic nitrogens is 4. The molecule has 0 unspecified atom stereocenters. The number of nitrogen functional groups attached to an aromatic ring is 1. The summed E-state index contributed by atoms with van der Waals surface area (Å²) >= 11 is 0. The van der Waals surface area contributed by atoms with Crippen LogP contribution in [-0.4, -0.2) is 55.3 Å². The fourth-order valence-corrected chi connectivity index (χ4v) is 4.74. The van der Waals surface area contributed by atoms with Gasteiger partial charge in [-0.1, -0.05) is 18.2 Å². The smallest absolute Gasteiger partial charge is 0.407 e. The predicted octanol–water partition coefficient (Wildman–Crippen LogP) is 4.16. The molecular weight excluding hydrogens is 432 g/mol. The van der Waals surface area contributed by atoms with E-state index in [0.29, 0.717) is 43.6 Å². The average molecular weight is 461 g/mol. The van der Waals surface area contributed by atoms with Crippen molar-refractivity contribution in [2.45, 2.75) is 32.9 Å². The number of imidazole rings is 1. The molecule has 0 atom stereocenters. The van der Waals surface area contributed by atoms with Crippen molar-refractivity contribution in [1.29, 1.82) is 0 Å². The third kappa shape index (κ3) is 4.14. The molecule has 0 bridgehead atoms. The molecule has 1 aliphatic rings. The maximum atomic E-state index is 11.3. The maximum Gasteiger partial charge on any atom is 0.407 e. The molecule has 9 heteroatoms. The Morgan fingerprint density at radius 1 is 1.21 bits per heavy atom. The van der Waals surface area contributed by atoms with Crippen LogP contribution < -0.4 is 5.73 Å². The van der Waals surface area contributed by atoms with E-state index in [1.54, 1.807) is 6.20 Å². The quantitative estimate of drug-likeness (QED) is 0.443. The molecule has 176 valence electrons. The third-order valence-electron chi connectivity index (χ3n) is 6.54. The van der Waals surface area contributed by atoms with Gasteiger partial charge in [-0.2, -0.15) is 0 Å². The fraction of sp³-hybridized carbons (Fsp3) is 0.360. The summed E-state index contributed by atoms with van der Waals surface area (Å²) < 4.78 is 7.92. The number of anilines is 1. The molecule has 0 saturated carbocycles. The highest BCUT2D eigenvalue weighted by Gasteiger charge is 2.25. The normalized spacial score (nSPS) is 14.8. The van der Waals surface area contributed by atoms with Crippen molar-refractivity contribution in [3.8, 4) is 11.1 Å². The number of benzene rings is 1. The molecular formula is C25H28N6O3. The molecule has 1 fully saturated rings. The lowest BCUT2D eigenvalue weighted by molar-refractivity contribution is 0.116. The van der Waals surface area contributed by atoms with Crippen molar-refractivity contribution in [2.24, 2.45) is 5.92 Å². The zero-order valence-electron chi connectivity index (χ0n) is 19.1. The molecule has 3 N–H and O–H groups in total. The Balaban J connectivity index is 1.59. The van der Waals surface area contributed by atoms with Gasteiger partial charge in [0.25, 0.3) is 0 Å². The van der Waals surface area contributed by atoms with Crippen molar-refractivity contribution < 1.29 is 14.6 Å². The number of pyridine rings is 2. The van der Waals surface area contributed by atoms with Crippen LogP contribution in [0.5, 0.6) is 0 Å². The summed E-state index contributed by atoms with van der Waals surface area (Å²) in [5.74, 6) is 1.55. The number of fused-ring (bicyclic) bond motifs is 3.